The zero-order valence-corrected chi connectivity index (χ0v) is 11.0. The lowest BCUT2D eigenvalue weighted by Crippen LogP contribution is -2.05. The van der Waals surface area contributed by atoms with Crippen LogP contribution in [0.2, 0.25) is 0 Å². The predicted octanol–water partition coefficient (Wildman–Crippen LogP) is 1.95. The van der Waals surface area contributed by atoms with E-state index in [9.17, 15) is 0 Å². The Balaban J connectivity index is 2.00. The molecule has 1 aromatic carbocycles. The molecule has 0 aliphatic heterocycles. The Hall–Kier alpha value is -2.89. The number of nitrogens with zero attached hydrogens (tertiary/aromatic N) is 4. The molecule has 0 atom stereocenters. The van der Waals surface area contributed by atoms with Gasteiger partial charge in [-0.3, -0.25) is 0 Å². The van der Waals surface area contributed by atoms with Gasteiger partial charge in [0.2, 0.25) is 5.95 Å². The van der Waals surface area contributed by atoms with Crippen molar-refractivity contribution in [1.29, 1.82) is 0 Å². The summed E-state index contributed by atoms with van der Waals surface area (Å²) in [6.45, 7) is 0. The van der Waals surface area contributed by atoms with Crippen LogP contribution in [0.3, 0.4) is 0 Å². The van der Waals surface area contributed by atoms with E-state index in [1.807, 2.05) is 36.5 Å². The minimum atomic E-state index is 0.212. The van der Waals surface area contributed by atoms with Crippen molar-refractivity contribution in [1.82, 2.24) is 19.7 Å². The molecule has 20 heavy (non-hydrogen) atoms. The van der Waals surface area contributed by atoms with Crippen LogP contribution >= 0.6 is 0 Å². The maximum absolute atomic E-state index is 5.69. The Kier molecular flexibility index (Phi) is 3.04. The molecule has 0 aliphatic rings. The molecule has 3 rings (SSSR count). The van der Waals surface area contributed by atoms with E-state index >= 15 is 0 Å². The Morgan fingerprint density at radius 1 is 1.10 bits per heavy atom. The van der Waals surface area contributed by atoms with E-state index in [0.29, 0.717) is 11.6 Å². The van der Waals surface area contributed by atoms with E-state index < -0.39 is 0 Å². The summed E-state index contributed by atoms with van der Waals surface area (Å²) in [5.41, 5.74) is 7.82. The molecule has 0 aliphatic carbocycles. The number of benzene rings is 1. The van der Waals surface area contributed by atoms with Crippen molar-refractivity contribution in [2.24, 2.45) is 0 Å². The van der Waals surface area contributed by atoms with Gasteiger partial charge >= 0.3 is 0 Å². The Labute approximate surface area is 116 Å². The lowest BCUT2D eigenvalue weighted by molar-refractivity contribution is 0.843. The van der Waals surface area contributed by atoms with Crippen LogP contribution in [-0.2, 0) is 0 Å². The van der Waals surface area contributed by atoms with Gasteiger partial charge in [-0.2, -0.15) is 15.1 Å². The SMILES string of the molecule is CNc1cc(-n2cc(-c3ccccc3)cn2)nc(N)n1. The summed E-state index contributed by atoms with van der Waals surface area (Å²) in [5.74, 6) is 1.50. The van der Waals surface area contributed by atoms with Gasteiger partial charge in [0.15, 0.2) is 5.82 Å². The van der Waals surface area contributed by atoms with E-state index in [-0.39, 0.29) is 5.95 Å². The van der Waals surface area contributed by atoms with Crippen molar-refractivity contribution in [3.63, 3.8) is 0 Å². The van der Waals surface area contributed by atoms with Crippen LogP contribution in [0, 0.1) is 0 Å². The highest BCUT2D eigenvalue weighted by atomic mass is 15.3. The standard InChI is InChI=1S/C14H14N6/c1-16-12-7-13(19-14(15)18-12)20-9-11(8-17-20)10-5-3-2-4-6-10/h2-9H,1H3,(H3,15,16,18,19). The highest BCUT2D eigenvalue weighted by Gasteiger charge is 2.06. The van der Waals surface area contributed by atoms with E-state index in [4.69, 9.17) is 5.73 Å². The molecule has 2 heterocycles. The van der Waals surface area contributed by atoms with E-state index in [0.717, 1.165) is 11.1 Å². The second-order valence-corrected chi connectivity index (χ2v) is 4.26. The summed E-state index contributed by atoms with van der Waals surface area (Å²) >= 11 is 0. The first-order valence-electron chi connectivity index (χ1n) is 6.19. The molecule has 0 spiro atoms. The van der Waals surface area contributed by atoms with Crippen LogP contribution < -0.4 is 11.1 Å². The highest BCUT2D eigenvalue weighted by molar-refractivity contribution is 5.62. The smallest absolute Gasteiger partial charge is 0.224 e. The number of anilines is 2. The first-order valence-corrected chi connectivity index (χ1v) is 6.19. The average molecular weight is 266 g/mol. The van der Waals surface area contributed by atoms with Gasteiger partial charge in [0, 0.05) is 24.9 Å². The van der Waals surface area contributed by atoms with Crippen molar-refractivity contribution in [2.45, 2.75) is 0 Å². The molecule has 0 radical (unpaired) electrons. The van der Waals surface area contributed by atoms with Crippen LogP contribution in [0.1, 0.15) is 0 Å². The lowest BCUT2D eigenvalue weighted by atomic mass is 10.1. The van der Waals surface area contributed by atoms with Crippen molar-refractivity contribution < 1.29 is 0 Å². The molecule has 0 bridgehead atoms. The van der Waals surface area contributed by atoms with Gasteiger partial charge in [-0.05, 0) is 5.56 Å². The van der Waals surface area contributed by atoms with E-state index in [1.165, 1.54) is 0 Å². The molecule has 3 N–H and O–H groups in total. The van der Waals surface area contributed by atoms with Gasteiger partial charge in [-0.25, -0.2) is 4.68 Å². The zero-order chi connectivity index (χ0) is 13.9. The average Bonchev–Trinajstić information content (AvgIpc) is 2.97. The van der Waals surface area contributed by atoms with Crippen molar-refractivity contribution in [3.8, 4) is 16.9 Å². The summed E-state index contributed by atoms with van der Waals surface area (Å²) in [7, 11) is 1.78. The van der Waals surface area contributed by atoms with Crippen LogP contribution in [0.4, 0.5) is 11.8 Å². The number of nitrogen functional groups attached to an aromatic ring is 1. The molecule has 0 amide bonds. The van der Waals surface area contributed by atoms with Crippen LogP contribution in [0.15, 0.2) is 48.8 Å². The summed E-state index contributed by atoms with van der Waals surface area (Å²) < 4.78 is 1.68. The predicted molar refractivity (Wildman–Crippen MR) is 78.5 cm³/mol. The topological polar surface area (TPSA) is 81.7 Å². The molecule has 0 saturated carbocycles. The Morgan fingerprint density at radius 3 is 2.65 bits per heavy atom. The minimum Gasteiger partial charge on any atom is -0.373 e. The second kappa shape index (κ2) is 5.00. The molecular formula is C14H14N6. The number of nitrogens with one attached hydrogen (secondary N) is 1. The highest BCUT2D eigenvalue weighted by Crippen LogP contribution is 2.20. The van der Waals surface area contributed by atoms with Gasteiger partial charge in [-0.15, -0.1) is 0 Å². The maximum Gasteiger partial charge on any atom is 0.224 e. The minimum absolute atomic E-state index is 0.212. The molecule has 2 aromatic heterocycles. The van der Waals surface area contributed by atoms with E-state index in [1.54, 1.807) is 24.0 Å². The van der Waals surface area contributed by atoms with Gasteiger partial charge in [0.05, 0.1) is 6.20 Å². The summed E-state index contributed by atoms with van der Waals surface area (Å²) in [6, 6.07) is 11.8. The molecule has 6 heteroatoms. The van der Waals surface area contributed by atoms with Crippen molar-refractivity contribution in [3.05, 3.63) is 48.8 Å². The maximum atomic E-state index is 5.69. The largest absolute Gasteiger partial charge is 0.373 e. The molecule has 3 aromatic rings. The van der Waals surface area contributed by atoms with Gasteiger partial charge in [0.1, 0.15) is 5.82 Å². The van der Waals surface area contributed by atoms with Gasteiger partial charge in [-0.1, -0.05) is 30.3 Å². The summed E-state index contributed by atoms with van der Waals surface area (Å²) in [4.78, 5) is 8.24. The first-order chi connectivity index (χ1) is 9.76. The quantitative estimate of drug-likeness (QED) is 0.757. The molecule has 6 nitrogen and oxygen atoms in total. The molecular weight excluding hydrogens is 252 g/mol. The monoisotopic (exact) mass is 266 g/mol. The third-order valence-electron chi connectivity index (χ3n) is 2.91. The summed E-state index contributed by atoms with van der Waals surface area (Å²) in [5, 5.41) is 7.27. The fourth-order valence-electron chi connectivity index (χ4n) is 1.93. The molecule has 100 valence electrons. The van der Waals surface area contributed by atoms with Crippen molar-refractivity contribution >= 4 is 11.8 Å². The second-order valence-electron chi connectivity index (χ2n) is 4.26. The number of aromatic nitrogens is 4. The fraction of sp³-hybridized carbons (Fsp3) is 0.0714. The van der Waals surface area contributed by atoms with Gasteiger partial charge in [0.25, 0.3) is 0 Å². The number of rotatable bonds is 3. The fourth-order valence-corrected chi connectivity index (χ4v) is 1.93. The number of hydrogen-bond acceptors (Lipinski definition) is 5. The Bertz CT molecular complexity index is 720. The number of nitrogens with two attached hydrogens (primary N) is 1. The normalized spacial score (nSPS) is 10.4. The zero-order valence-electron chi connectivity index (χ0n) is 11.0. The van der Waals surface area contributed by atoms with Crippen LogP contribution in [-0.4, -0.2) is 26.8 Å². The summed E-state index contributed by atoms with van der Waals surface area (Å²) in [6.07, 6.45) is 3.71. The molecule has 0 unspecified atom stereocenters. The van der Waals surface area contributed by atoms with Crippen LogP contribution in [0.25, 0.3) is 16.9 Å². The molecule has 0 saturated heterocycles. The molecule has 0 fully saturated rings. The lowest BCUT2D eigenvalue weighted by Gasteiger charge is -2.04. The van der Waals surface area contributed by atoms with E-state index in [2.05, 4.69) is 20.4 Å². The Morgan fingerprint density at radius 2 is 1.90 bits per heavy atom. The number of hydrogen-bond donors (Lipinski definition) is 2. The first kappa shape index (κ1) is 12.2. The van der Waals surface area contributed by atoms with Crippen LogP contribution in [0.5, 0.6) is 0 Å². The third-order valence-corrected chi connectivity index (χ3v) is 2.91. The third kappa shape index (κ3) is 2.31. The van der Waals surface area contributed by atoms with Crippen molar-refractivity contribution in [2.75, 3.05) is 18.1 Å². The van der Waals surface area contributed by atoms with Gasteiger partial charge < -0.3 is 11.1 Å².